The molecule has 5 nitrogen and oxygen atoms in total. The molecule has 1 atom stereocenters. The molecule has 1 aromatic carbocycles. The van der Waals surface area contributed by atoms with Crippen LogP contribution >= 0.6 is 15.9 Å². The van der Waals surface area contributed by atoms with Crippen LogP contribution in [0.15, 0.2) is 28.7 Å². The standard InChI is InChI=1S/C20H20BrN3O2/c1-4-17-23-18-11(2)9-15(20(25)26-3)22-19(18)24(17)16-8-5-12-10-13(21)6-7-14(12)16/h6-7,9-10,16H,4-5,8H2,1-3H3/t16-/m0/s1. The van der Waals surface area contributed by atoms with Crippen LogP contribution in [0.25, 0.3) is 11.2 Å². The summed E-state index contributed by atoms with van der Waals surface area (Å²) in [6.07, 6.45) is 2.84. The van der Waals surface area contributed by atoms with Gasteiger partial charge in [0, 0.05) is 10.9 Å². The Hall–Kier alpha value is -2.21. The first kappa shape index (κ1) is 17.2. The molecule has 0 saturated heterocycles. The summed E-state index contributed by atoms with van der Waals surface area (Å²) in [4.78, 5) is 21.5. The van der Waals surface area contributed by atoms with Gasteiger partial charge in [-0.25, -0.2) is 14.8 Å². The van der Waals surface area contributed by atoms with E-state index in [0.29, 0.717) is 5.69 Å². The summed E-state index contributed by atoms with van der Waals surface area (Å²) in [5.74, 6) is 0.579. The molecule has 6 heteroatoms. The number of ether oxygens (including phenoxy) is 1. The second-order valence-corrected chi connectivity index (χ2v) is 7.55. The Balaban J connectivity index is 1.95. The van der Waals surface area contributed by atoms with Crippen molar-refractivity contribution < 1.29 is 9.53 Å². The number of hydrogen-bond donors (Lipinski definition) is 0. The molecule has 1 aliphatic carbocycles. The van der Waals surface area contributed by atoms with Gasteiger partial charge in [0.2, 0.25) is 0 Å². The van der Waals surface area contributed by atoms with E-state index in [4.69, 9.17) is 9.72 Å². The van der Waals surface area contributed by atoms with E-state index in [1.54, 1.807) is 6.07 Å². The molecular formula is C20H20BrN3O2. The number of methoxy groups -OCH3 is 1. The fraction of sp³-hybridized carbons (Fsp3) is 0.350. The zero-order valence-corrected chi connectivity index (χ0v) is 16.6. The second kappa shape index (κ2) is 6.50. The molecule has 0 bridgehead atoms. The minimum atomic E-state index is -0.420. The molecule has 2 aromatic heterocycles. The molecular weight excluding hydrogens is 394 g/mol. The molecule has 26 heavy (non-hydrogen) atoms. The number of rotatable bonds is 3. The number of fused-ring (bicyclic) bond motifs is 2. The average molecular weight is 414 g/mol. The van der Waals surface area contributed by atoms with Crippen LogP contribution in [0.5, 0.6) is 0 Å². The monoisotopic (exact) mass is 413 g/mol. The van der Waals surface area contributed by atoms with Crippen LogP contribution in [0, 0.1) is 6.92 Å². The van der Waals surface area contributed by atoms with E-state index in [9.17, 15) is 4.79 Å². The molecule has 0 radical (unpaired) electrons. The highest BCUT2D eigenvalue weighted by Gasteiger charge is 2.29. The Morgan fingerprint density at radius 1 is 1.35 bits per heavy atom. The van der Waals surface area contributed by atoms with Crippen LogP contribution < -0.4 is 0 Å². The quantitative estimate of drug-likeness (QED) is 0.597. The maximum Gasteiger partial charge on any atom is 0.356 e. The van der Waals surface area contributed by atoms with Crippen LogP contribution in [0.1, 0.15) is 52.4 Å². The van der Waals surface area contributed by atoms with Gasteiger partial charge in [0.05, 0.1) is 13.2 Å². The number of benzene rings is 1. The van der Waals surface area contributed by atoms with Gasteiger partial charge in [0.25, 0.3) is 0 Å². The number of carbonyl (C=O) groups is 1. The van der Waals surface area contributed by atoms with E-state index >= 15 is 0 Å². The minimum absolute atomic E-state index is 0.192. The molecule has 0 spiro atoms. The molecule has 0 N–H and O–H groups in total. The summed E-state index contributed by atoms with van der Waals surface area (Å²) in [5.41, 5.74) is 5.57. The normalized spacial score (nSPS) is 16.1. The van der Waals surface area contributed by atoms with Gasteiger partial charge in [-0.3, -0.25) is 0 Å². The predicted molar refractivity (Wildman–Crippen MR) is 104 cm³/mol. The number of carbonyl (C=O) groups excluding carboxylic acids is 1. The SMILES string of the molecule is CCc1nc2c(C)cc(C(=O)OC)nc2n1[C@H]1CCc2cc(Br)ccc21. The van der Waals surface area contributed by atoms with Crippen LogP contribution in [-0.4, -0.2) is 27.6 Å². The number of esters is 1. The van der Waals surface area contributed by atoms with Gasteiger partial charge < -0.3 is 9.30 Å². The number of pyridine rings is 1. The van der Waals surface area contributed by atoms with E-state index in [-0.39, 0.29) is 6.04 Å². The predicted octanol–water partition coefficient (Wildman–Crippen LogP) is 4.39. The summed E-state index contributed by atoms with van der Waals surface area (Å²) in [6.45, 7) is 4.07. The first-order chi connectivity index (χ1) is 12.5. The maximum atomic E-state index is 12.0. The molecule has 3 aromatic rings. The fourth-order valence-corrected chi connectivity index (χ4v) is 4.29. The summed E-state index contributed by atoms with van der Waals surface area (Å²) in [5, 5.41) is 0. The smallest absolute Gasteiger partial charge is 0.356 e. The van der Waals surface area contributed by atoms with Crippen molar-refractivity contribution in [1.82, 2.24) is 14.5 Å². The van der Waals surface area contributed by atoms with Crippen LogP contribution in [-0.2, 0) is 17.6 Å². The molecule has 0 unspecified atom stereocenters. The minimum Gasteiger partial charge on any atom is -0.464 e. The van der Waals surface area contributed by atoms with Gasteiger partial charge in [-0.1, -0.05) is 28.9 Å². The Bertz CT molecular complexity index is 1030. The summed E-state index contributed by atoms with van der Waals surface area (Å²) in [7, 11) is 1.38. The number of imidazole rings is 1. The van der Waals surface area contributed by atoms with Gasteiger partial charge in [-0.15, -0.1) is 0 Å². The lowest BCUT2D eigenvalue weighted by atomic mass is 10.1. The Morgan fingerprint density at radius 3 is 2.88 bits per heavy atom. The second-order valence-electron chi connectivity index (χ2n) is 6.64. The zero-order chi connectivity index (χ0) is 18.4. The topological polar surface area (TPSA) is 57.0 Å². The van der Waals surface area contributed by atoms with E-state index in [1.807, 2.05) is 6.92 Å². The third-order valence-corrected chi connectivity index (χ3v) is 5.58. The Kier molecular flexibility index (Phi) is 4.31. The molecule has 0 saturated carbocycles. The van der Waals surface area contributed by atoms with E-state index in [0.717, 1.165) is 46.3 Å². The van der Waals surface area contributed by atoms with Crippen LogP contribution in [0.4, 0.5) is 0 Å². The largest absolute Gasteiger partial charge is 0.464 e. The first-order valence-corrected chi connectivity index (χ1v) is 9.57. The molecule has 1 aliphatic rings. The van der Waals surface area contributed by atoms with E-state index in [1.165, 1.54) is 18.2 Å². The van der Waals surface area contributed by atoms with E-state index in [2.05, 4.69) is 50.6 Å². The van der Waals surface area contributed by atoms with Gasteiger partial charge in [-0.2, -0.15) is 0 Å². The summed E-state index contributed by atoms with van der Waals surface area (Å²) >= 11 is 3.56. The zero-order valence-electron chi connectivity index (χ0n) is 15.0. The molecule has 134 valence electrons. The van der Waals surface area contributed by atoms with Crippen molar-refractivity contribution in [2.45, 2.75) is 39.2 Å². The highest BCUT2D eigenvalue weighted by Crippen LogP contribution is 2.38. The molecule has 0 aliphatic heterocycles. The molecule has 2 heterocycles. The van der Waals surface area contributed by atoms with Gasteiger partial charge in [0.1, 0.15) is 11.3 Å². The van der Waals surface area contributed by atoms with Crippen molar-refractivity contribution in [2.24, 2.45) is 0 Å². The van der Waals surface area contributed by atoms with Crippen LogP contribution in [0.2, 0.25) is 0 Å². The molecule has 4 rings (SSSR count). The van der Waals surface area contributed by atoms with Crippen molar-refractivity contribution in [3.05, 3.63) is 56.9 Å². The highest BCUT2D eigenvalue weighted by atomic mass is 79.9. The third kappa shape index (κ3) is 2.63. The summed E-state index contributed by atoms with van der Waals surface area (Å²) < 4.78 is 8.19. The lowest BCUT2D eigenvalue weighted by molar-refractivity contribution is 0.0594. The van der Waals surface area contributed by atoms with Gasteiger partial charge in [-0.05, 0) is 54.7 Å². The average Bonchev–Trinajstić information content (AvgIpc) is 3.21. The summed E-state index contributed by atoms with van der Waals surface area (Å²) in [6, 6.07) is 8.40. The maximum absolute atomic E-state index is 12.0. The first-order valence-electron chi connectivity index (χ1n) is 8.78. The van der Waals surface area contributed by atoms with Crippen molar-refractivity contribution in [3.8, 4) is 0 Å². The van der Waals surface area contributed by atoms with Crippen molar-refractivity contribution in [1.29, 1.82) is 0 Å². The Labute approximate surface area is 160 Å². The number of nitrogens with zero attached hydrogens (tertiary/aromatic N) is 3. The van der Waals surface area contributed by atoms with Crippen LogP contribution in [0.3, 0.4) is 0 Å². The number of hydrogen-bond acceptors (Lipinski definition) is 4. The van der Waals surface area contributed by atoms with Crippen molar-refractivity contribution >= 4 is 33.1 Å². The molecule has 0 amide bonds. The Morgan fingerprint density at radius 2 is 2.15 bits per heavy atom. The lowest BCUT2D eigenvalue weighted by Crippen LogP contribution is -2.13. The van der Waals surface area contributed by atoms with Crippen molar-refractivity contribution in [3.63, 3.8) is 0 Å². The highest BCUT2D eigenvalue weighted by molar-refractivity contribution is 9.10. The van der Waals surface area contributed by atoms with E-state index < -0.39 is 5.97 Å². The number of halogens is 1. The lowest BCUT2D eigenvalue weighted by Gasteiger charge is -2.17. The molecule has 0 fully saturated rings. The number of aryl methyl sites for hydroxylation is 3. The van der Waals surface area contributed by atoms with Crippen molar-refractivity contribution in [2.75, 3.05) is 7.11 Å². The fourth-order valence-electron chi connectivity index (χ4n) is 3.88. The van der Waals surface area contributed by atoms with Gasteiger partial charge >= 0.3 is 5.97 Å². The van der Waals surface area contributed by atoms with Gasteiger partial charge in [0.15, 0.2) is 11.3 Å². The third-order valence-electron chi connectivity index (χ3n) is 5.09. The number of aromatic nitrogens is 3.